The number of hydrogen-bond donors (Lipinski definition) is 2. The molecule has 2 amide bonds. The van der Waals surface area contributed by atoms with E-state index in [1.54, 1.807) is 6.07 Å². The molecule has 3 aliphatic rings. The SMILES string of the molecule is CN1CCN(CCC(=O)N2CCc3cc(N=C(c4ccccc4)C4C(=O)Nc5cc(C(=O)O)ccc54)ccc32)CC1. The first-order chi connectivity index (χ1) is 19.9. The molecular weight excluding hydrogens is 518 g/mol. The average Bonchev–Trinajstić information content (AvgIpc) is 3.55. The Hall–Kier alpha value is -4.34. The number of hydrogen-bond acceptors (Lipinski definition) is 6. The van der Waals surface area contributed by atoms with Crippen LogP contribution >= 0.6 is 0 Å². The highest BCUT2D eigenvalue weighted by molar-refractivity contribution is 6.24. The van der Waals surface area contributed by atoms with E-state index in [4.69, 9.17) is 4.99 Å². The maximum atomic E-state index is 13.2. The van der Waals surface area contributed by atoms with Gasteiger partial charge in [0.2, 0.25) is 11.8 Å². The molecule has 0 spiro atoms. The minimum Gasteiger partial charge on any atom is -0.478 e. The van der Waals surface area contributed by atoms with Gasteiger partial charge in [-0.05, 0) is 60.5 Å². The first kappa shape index (κ1) is 26.9. The maximum absolute atomic E-state index is 13.2. The number of amides is 2. The Morgan fingerprint density at radius 2 is 1.73 bits per heavy atom. The summed E-state index contributed by atoms with van der Waals surface area (Å²) in [5.74, 6) is -1.84. The van der Waals surface area contributed by atoms with E-state index in [0.717, 1.165) is 56.0 Å². The number of aliphatic imine (C=N–C) groups is 1. The van der Waals surface area contributed by atoms with Crippen molar-refractivity contribution in [3.05, 3.63) is 89.0 Å². The lowest BCUT2D eigenvalue weighted by Crippen LogP contribution is -2.45. The van der Waals surface area contributed by atoms with Gasteiger partial charge < -0.3 is 25.1 Å². The predicted octanol–water partition coefficient (Wildman–Crippen LogP) is 3.77. The summed E-state index contributed by atoms with van der Waals surface area (Å²) in [6.45, 7) is 5.49. The number of piperazine rings is 1. The Labute approximate surface area is 239 Å². The van der Waals surface area contributed by atoms with Crippen molar-refractivity contribution in [3.8, 4) is 0 Å². The quantitative estimate of drug-likeness (QED) is 0.433. The summed E-state index contributed by atoms with van der Waals surface area (Å²) in [5, 5.41) is 12.2. The van der Waals surface area contributed by atoms with E-state index in [-0.39, 0.29) is 17.4 Å². The number of benzene rings is 3. The molecule has 0 bridgehead atoms. The summed E-state index contributed by atoms with van der Waals surface area (Å²) in [6, 6.07) is 20.1. The molecule has 9 nitrogen and oxygen atoms in total. The number of anilines is 2. The van der Waals surface area contributed by atoms with Crippen LogP contribution in [0.2, 0.25) is 0 Å². The van der Waals surface area contributed by atoms with Gasteiger partial charge in [0.05, 0.1) is 17.0 Å². The van der Waals surface area contributed by atoms with Gasteiger partial charge >= 0.3 is 5.97 Å². The lowest BCUT2D eigenvalue weighted by atomic mass is 9.90. The van der Waals surface area contributed by atoms with Gasteiger partial charge in [0.15, 0.2) is 0 Å². The molecular formula is C32H33N5O4. The lowest BCUT2D eigenvalue weighted by molar-refractivity contribution is -0.119. The second kappa shape index (κ2) is 11.3. The topological polar surface area (TPSA) is 106 Å². The van der Waals surface area contributed by atoms with E-state index in [2.05, 4.69) is 22.2 Å². The first-order valence-corrected chi connectivity index (χ1v) is 14.0. The summed E-state index contributed by atoms with van der Waals surface area (Å²) in [7, 11) is 2.13. The summed E-state index contributed by atoms with van der Waals surface area (Å²) in [4.78, 5) is 49.4. The third kappa shape index (κ3) is 5.51. The minimum absolute atomic E-state index is 0.115. The van der Waals surface area contributed by atoms with Crippen LogP contribution in [0.4, 0.5) is 17.1 Å². The molecule has 0 radical (unpaired) electrons. The molecule has 3 heterocycles. The molecule has 6 rings (SSSR count). The average molecular weight is 552 g/mol. The first-order valence-electron chi connectivity index (χ1n) is 14.0. The smallest absolute Gasteiger partial charge is 0.335 e. The second-order valence-corrected chi connectivity index (χ2v) is 10.9. The number of carboxylic acid groups (broad SMARTS) is 1. The van der Waals surface area contributed by atoms with Crippen LogP contribution in [0.15, 0.2) is 71.7 Å². The Morgan fingerprint density at radius 3 is 2.49 bits per heavy atom. The molecule has 1 fully saturated rings. The number of carbonyl (C=O) groups is 3. The Bertz CT molecular complexity index is 1530. The zero-order valence-corrected chi connectivity index (χ0v) is 23.0. The molecule has 41 heavy (non-hydrogen) atoms. The van der Waals surface area contributed by atoms with Crippen molar-refractivity contribution in [2.24, 2.45) is 4.99 Å². The molecule has 0 aliphatic carbocycles. The van der Waals surface area contributed by atoms with Crippen LogP contribution in [0.3, 0.4) is 0 Å². The molecule has 2 N–H and O–H groups in total. The number of carbonyl (C=O) groups excluding carboxylic acids is 2. The maximum Gasteiger partial charge on any atom is 0.335 e. The number of likely N-dealkylation sites (N-methyl/N-ethyl adjacent to an activating group) is 1. The summed E-state index contributed by atoms with van der Waals surface area (Å²) in [5.41, 5.74) is 5.39. The summed E-state index contributed by atoms with van der Waals surface area (Å²) in [6.07, 6.45) is 1.26. The summed E-state index contributed by atoms with van der Waals surface area (Å²) < 4.78 is 0. The van der Waals surface area contributed by atoms with Crippen molar-refractivity contribution in [1.82, 2.24) is 9.80 Å². The number of fused-ring (bicyclic) bond motifs is 2. The molecule has 1 saturated heterocycles. The molecule has 210 valence electrons. The van der Waals surface area contributed by atoms with Gasteiger partial charge in [0.25, 0.3) is 0 Å². The Morgan fingerprint density at radius 1 is 0.951 bits per heavy atom. The van der Waals surface area contributed by atoms with E-state index in [1.165, 1.54) is 12.1 Å². The van der Waals surface area contributed by atoms with Gasteiger partial charge in [-0.25, -0.2) is 4.79 Å². The van der Waals surface area contributed by atoms with Crippen LogP contribution in [0, 0.1) is 0 Å². The zero-order valence-electron chi connectivity index (χ0n) is 23.0. The molecule has 9 heteroatoms. The second-order valence-electron chi connectivity index (χ2n) is 10.9. The van der Waals surface area contributed by atoms with E-state index in [1.807, 2.05) is 53.4 Å². The predicted molar refractivity (Wildman–Crippen MR) is 158 cm³/mol. The van der Waals surface area contributed by atoms with Crippen LogP contribution in [0.25, 0.3) is 0 Å². The third-order valence-corrected chi connectivity index (χ3v) is 8.22. The van der Waals surface area contributed by atoms with E-state index in [0.29, 0.717) is 35.6 Å². The fourth-order valence-corrected chi connectivity index (χ4v) is 5.89. The molecule has 0 saturated carbocycles. The van der Waals surface area contributed by atoms with Crippen molar-refractivity contribution in [2.45, 2.75) is 18.8 Å². The number of carboxylic acids is 1. The van der Waals surface area contributed by atoms with E-state index < -0.39 is 11.9 Å². The standard InChI is InChI=1S/C32H33N5O4/c1-35-15-17-36(18-16-35)13-12-28(38)37-14-11-22-19-24(8-10-27(22)37)33-30(21-5-3-2-4-6-21)29-25-9-7-23(32(40)41)20-26(25)34-31(29)39/h2-10,19-20,29H,11-18H2,1H3,(H,34,39)(H,40,41). The van der Waals surface area contributed by atoms with Gasteiger partial charge in [-0.1, -0.05) is 36.4 Å². The van der Waals surface area contributed by atoms with Gasteiger partial charge in [0.1, 0.15) is 5.92 Å². The molecule has 3 aromatic rings. The largest absolute Gasteiger partial charge is 0.478 e. The van der Waals surface area contributed by atoms with Gasteiger partial charge in [-0.2, -0.15) is 0 Å². The van der Waals surface area contributed by atoms with Crippen LogP contribution in [-0.2, 0) is 16.0 Å². The molecule has 1 atom stereocenters. The van der Waals surface area contributed by atoms with Crippen LogP contribution < -0.4 is 10.2 Å². The highest BCUT2D eigenvalue weighted by Gasteiger charge is 2.36. The number of nitrogens with zero attached hydrogens (tertiary/aromatic N) is 4. The minimum atomic E-state index is -1.05. The molecule has 0 aromatic heterocycles. The van der Waals surface area contributed by atoms with Crippen LogP contribution in [0.1, 0.15) is 39.4 Å². The third-order valence-electron chi connectivity index (χ3n) is 8.22. The Balaban J connectivity index is 1.26. The zero-order chi connectivity index (χ0) is 28.5. The fourth-order valence-electron chi connectivity index (χ4n) is 5.89. The van der Waals surface area contributed by atoms with Crippen molar-refractivity contribution in [2.75, 3.05) is 56.5 Å². The number of aromatic carboxylic acids is 1. The van der Waals surface area contributed by atoms with Gasteiger partial charge in [-0.3, -0.25) is 14.6 Å². The van der Waals surface area contributed by atoms with Crippen LogP contribution in [-0.4, -0.2) is 84.7 Å². The summed E-state index contributed by atoms with van der Waals surface area (Å²) >= 11 is 0. The highest BCUT2D eigenvalue weighted by Crippen LogP contribution is 2.38. The van der Waals surface area contributed by atoms with Crippen molar-refractivity contribution >= 4 is 40.6 Å². The van der Waals surface area contributed by atoms with E-state index >= 15 is 0 Å². The van der Waals surface area contributed by atoms with Crippen molar-refractivity contribution in [3.63, 3.8) is 0 Å². The van der Waals surface area contributed by atoms with Crippen molar-refractivity contribution in [1.29, 1.82) is 0 Å². The normalized spacial score (nSPS) is 19.1. The lowest BCUT2D eigenvalue weighted by Gasteiger charge is -2.32. The fraction of sp³-hybridized carbons (Fsp3) is 0.312. The van der Waals surface area contributed by atoms with Gasteiger partial charge in [0, 0.05) is 57.1 Å². The molecule has 1 unspecified atom stereocenters. The Kier molecular flexibility index (Phi) is 7.38. The molecule has 3 aliphatic heterocycles. The highest BCUT2D eigenvalue weighted by atomic mass is 16.4. The van der Waals surface area contributed by atoms with E-state index in [9.17, 15) is 19.5 Å². The molecule has 3 aromatic carbocycles. The number of nitrogens with one attached hydrogen (secondary N) is 1. The monoisotopic (exact) mass is 551 g/mol. The van der Waals surface area contributed by atoms with Crippen molar-refractivity contribution < 1.29 is 19.5 Å². The van der Waals surface area contributed by atoms with Crippen LogP contribution in [0.5, 0.6) is 0 Å². The van der Waals surface area contributed by atoms with Gasteiger partial charge in [-0.15, -0.1) is 0 Å². The number of rotatable bonds is 7.